The summed E-state index contributed by atoms with van der Waals surface area (Å²) in [5.74, 6) is -0.745. The van der Waals surface area contributed by atoms with Gasteiger partial charge in [-0.15, -0.1) is 0 Å². The highest BCUT2D eigenvalue weighted by Gasteiger charge is 1.80. The maximum absolute atomic E-state index is 9.37. The van der Waals surface area contributed by atoms with Crippen LogP contribution in [-0.2, 0) is 4.79 Å². The fourth-order valence-corrected chi connectivity index (χ4v) is 0.253. The summed E-state index contributed by atoms with van der Waals surface area (Å²) in [6.07, 6.45) is 3.50. The molecule has 0 aliphatic carbocycles. The van der Waals surface area contributed by atoms with Gasteiger partial charge in [0, 0.05) is 18.8 Å². The zero-order valence-electron chi connectivity index (χ0n) is 6.27. The molecule has 0 amide bonds. The minimum Gasteiger partial charge on any atom is -0.481 e. The van der Waals surface area contributed by atoms with Crippen LogP contribution in [0.15, 0.2) is 24.5 Å². The lowest BCUT2D eigenvalue weighted by Gasteiger charge is -1.71. The average molecular weight is 154 g/mol. The van der Waals surface area contributed by atoms with E-state index in [-0.39, 0.29) is 6.42 Å². The van der Waals surface area contributed by atoms with Crippen molar-refractivity contribution in [1.82, 2.24) is 10.2 Å². The van der Waals surface area contributed by atoms with Crippen LogP contribution >= 0.6 is 0 Å². The molecule has 1 aromatic rings. The first-order valence-electron chi connectivity index (χ1n) is 3.20. The molecule has 1 rings (SSSR count). The summed E-state index contributed by atoms with van der Waals surface area (Å²) in [7, 11) is 0. The van der Waals surface area contributed by atoms with E-state index in [9.17, 15) is 4.79 Å². The van der Waals surface area contributed by atoms with E-state index in [0.29, 0.717) is 0 Å². The molecule has 1 aromatic heterocycles. The highest BCUT2D eigenvalue weighted by Crippen LogP contribution is 1.68. The first-order chi connectivity index (χ1) is 5.27. The van der Waals surface area contributed by atoms with Crippen LogP contribution in [0.5, 0.6) is 0 Å². The summed E-state index contributed by atoms with van der Waals surface area (Å²) < 4.78 is 0. The number of aliphatic carboxylic acids is 1. The number of hydrogen-bond acceptors (Lipinski definition) is 3. The van der Waals surface area contributed by atoms with Crippen molar-refractivity contribution in [3.8, 4) is 0 Å². The zero-order chi connectivity index (χ0) is 8.53. The number of rotatable bonds is 1. The van der Waals surface area contributed by atoms with Crippen molar-refractivity contribution in [1.29, 1.82) is 0 Å². The zero-order valence-corrected chi connectivity index (χ0v) is 6.27. The number of aromatic nitrogens is 2. The summed E-state index contributed by atoms with van der Waals surface area (Å²) in [6, 6.07) is 3.65. The van der Waals surface area contributed by atoms with Gasteiger partial charge >= 0.3 is 5.97 Å². The van der Waals surface area contributed by atoms with Crippen LogP contribution in [-0.4, -0.2) is 21.3 Å². The Kier molecular flexibility index (Phi) is 5.79. The van der Waals surface area contributed by atoms with Crippen molar-refractivity contribution in [3.05, 3.63) is 24.5 Å². The van der Waals surface area contributed by atoms with Crippen LogP contribution in [0.1, 0.15) is 13.3 Å². The Bertz CT molecular complexity index is 162. The Morgan fingerprint density at radius 1 is 1.36 bits per heavy atom. The van der Waals surface area contributed by atoms with E-state index in [0.717, 1.165) is 0 Å². The molecule has 4 heteroatoms. The minimum absolute atomic E-state index is 0.222. The summed E-state index contributed by atoms with van der Waals surface area (Å²) in [5.41, 5.74) is 0. The molecule has 0 fully saturated rings. The van der Waals surface area contributed by atoms with Crippen molar-refractivity contribution >= 4 is 5.97 Å². The lowest BCUT2D eigenvalue weighted by atomic mass is 10.5. The van der Waals surface area contributed by atoms with Crippen LogP contribution in [0.25, 0.3) is 0 Å². The van der Waals surface area contributed by atoms with E-state index in [1.807, 2.05) is 12.1 Å². The molecular weight excluding hydrogens is 144 g/mol. The normalized spacial score (nSPS) is 7.73. The summed E-state index contributed by atoms with van der Waals surface area (Å²) in [6.45, 7) is 1.60. The molecule has 0 saturated heterocycles. The van der Waals surface area contributed by atoms with Crippen LogP contribution in [0.4, 0.5) is 0 Å². The molecule has 1 N–H and O–H groups in total. The Morgan fingerprint density at radius 3 is 1.82 bits per heavy atom. The molecule has 11 heavy (non-hydrogen) atoms. The molecule has 1 heterocycles. The van der Waals surface area contributed by atoms with Crippen molar-refractivity contribution in [3.63, 3.8) is 0 Å². The van der Waals surface area contributed by atoms with Gasteiger partial charge in [0.15, 0.2) is 0 Å². The molecule has 0 aromatic carbocycles. The molecule has 0 saturated carbocycles. The van der Waals surface area contributed by atoms with E-state index >= 15 is 0 Å². The lowest BCUT2D eigenvalue weighted by Crippen LogP contribution is -1.86. The molecule has 60 valence electrons. The number of carbonyl (C=O) groups is 1. The van der Waals surface area contributed by atoms with Gasteiger partial charge in [0.05, 0.1) is 0 Å². The van der Waals surface area contributed by atoms with Crippen LogP contribution in [0.3, 0.4) is 0 Å². The predicted octanol–water partition coefficient (Wildman–Crippen LogP) is 0.958. The van der Waals surface area contributed by atoms with Gasteiger partial charge in [0.25, 0.3) is 0 Å². The van der Waals surface area contributed by atoms with Gasteiger partial charge < -0.3 is 5.11 Å². The van der Waals surface area contributed by atoms with Crippen molar-refractivity contribution in [2.45, 2.75) is 13.3 Å². The maximum atomic E-state index is 9.37. The maximum Gasteiger partial charge on any atom is 0.303 e. The largest absolute Gasteiger partial charge is 0.481 e. The molecule has 0 unspecified atom stereocenters. The highest BCUT2D eigenvalue weighted by atomic mass is 16.4. The van der Waals surface area contributed by atoms with Crippen molar-refractivity contribution in [2.24, 2.45) is 0 Å². The van der Waals surface area contributed by atoms with Gasteiger partial charge in [0.2, 0.25) is 0 Å². The second-order valence-corrected chi connectivity index (χ2v) is 1.66. The first-order valence-corrected chi connectivity index (χ1v) is 3.20. The second-order valence-electron chi connectivity index (χ2n) is 1.66. The van der Waals surface area contributed by atoms with Crippen molar-refractivity contribution < 1.29 is 9.90 Å². The highest BCUT2D eigenvalue weighted by molar-refractivity contribution is 5.66. The molecule has 4 nitrogen and oxygen atoms in total. The van der Waals surface area contributed by atoms with E-state index < -0.39 is 5.97 Å². The van der Waals surface area contributed by atoms with Gasteiger partial charge in [-0.25, -0.2) is 0 Å². The van der Waals surface area contributed by atoms with Crippen LogP contribution < -0.4 is 0 Å². The first kappa shape index (κ1) is 9.55. The number of carboxylic acids is 1. The average Bonchev–Trinajstić information content (AvgIpc) is 2.09. The third-order valence-electron chi connectivity index (χ3n) is 0.786. The van der Waals surface area contributed by atoms with E-state index in [4.69, 9.17) is 5.11 Å². The third kappa shape index (κ3) is 8.55. The van der Waals surface area contributed by atoms with Gasteiger partial charge in [-0.05, 0) is 12.1 Å². The van der Waals surface area contributed by atoms with Gasteiger partial charge in [-0.2, -0.15) is 10.2 Å². The van der Waals surface area contributed by atoms with Crippen LogP contribution in [0, 0.1) is 0 Å². The Hall–Kier alpha value is -1.45. The van der Waals surface area contributed by atoms with E-state index in [2.05, 4.69) is 10.2 Å². The number of nitrogens with zero attached hydrogens (tertiary/aromatic N) is 2. The smallest absolute Gasteiger partial charge is 0.303 e. The molecule has 0 spiro atoms. The number of carboxylic acid groups (broad SMARTS) is 1. The van der Waals surface area contributed by atoms with E-state index in [1.54, 1.807) is 19.3 Å². The third-order valence-corrected chi connectivity index (χ3v) is 0.786. The van der Waals surface area contributed by atoms with Gasteiger partial charge in [0.1, 0.15) is 0 Å². The lowest BCUT2D eigenvalue weighted by molar-refractivity contribution is -0.136. The molecule has 0 bridgehead atoms. The Labute approximate surface area is 64.9 Å². The Balaban J connectivity index is 0.000000187. The summed E-state index contributed by atoms with van der Waals surface area (Å²) in [5, 5.41) is 14.8. The number of hydrogen-bond donors (Lipinski definition) is 1. The van der Waals surface area contributed by atoms with Crippen molar-refractivity contribution in [2.75, 3.05) is 0 Å². The second kappa shape index (κ2) is 6.67. The summed E-state index contributed by atoms with van der Waals surface area (Å²) >= 11 is 0. The predicted molar refractivity (Wildman–Crippen MR) is 40.0 cm³/mol. The standard InChI is InChI=1S/C4H4N2.C3H6O2/c1-2-4-6-5-3-1;1-2-3(4)5/h1-4H;2H2,1H3,(H,4,5). The molecule has 0 radical (unpaired) electrons. The van der Waals surface area contributed by atoms with E-state index in [1.165, 1.54) is 0 Å². The molecule has 0 aliphatic rings. The fourth-order valence-electron chi connectivity index (χ4n) is 0.253. The minimum atomic E-state index is -0.745. The molecule has 0 aliphatic heterocycles. The quantitative estimate of drug-likeness (QED) is 0.654. The Morgan fingerprint density at radius 2 is 1.73 bits per heavy atom. The van der Waals surface area contributed by atoms with Gasteiger partial charge in [-0.1, -0.05) is 6.92 Å². The SMILES string of the molecule is CCC(=O)O.c1ccnnc1. The molecule has 0 atom stereocenters. The van der Waals surface area contributed by atoms with Gasteiger partial charge in [-0.3, -0.25) is 4.79 Å². The topological polar surface area (TPSA) is 63.1 Å². The molecular formula is C7H10N2O2. The fraction of sp³-hybridized carbons (Fsp3) is 0.286. The summed E-state index contributed by atoms with van der Waals surface area (Å²) in [4.78, 5) is 9.37. The van der Waals surface area contributed by atoms with Crippen LogP contribution in [0.2, 0.25) is 0 Å². The monoisotopic (exact) mass is 154 g/mol.